The lowest BCUT2D eigenvalue weighted by Crippen LogP contribution is -2.52. The second-order valence-corrected chi connectivity index (χ2v) is 10.6. The minimum absolute atomic E-state index is 0.0797. The van der Waals surface area contributed by atoms with Gasteiger partial charge >= 0.3 is 0 Å². The number of hydrogen-bond donors (Lipinski definition) is 1. The number of methoxy groups -OCH3 is 3. The predicted molar refractivity (Wildman–Crippen MR) is 143 cm³/mol. The van der Waals surface area contributed by atoms with Crippen molar-refractivity contribution in [3.63, 3.8) is 0 Å². The van der Waals surface area contributed by atoms with E-state index in [1.54, 1.807) is 44.4 Å². The van der Waals surface area contributed by atoms with Crippen LogP contribution in [0.15, 0.2) is 42.5 Å². The molecule has 2 rings (SSSR count). The van der Waals surface area contributed by atoms with Crippen molar-refractivity contribution in [3.8, 4) is 17.2 Å². The summed E-state index contributed by atoms with van der Waals surface area (Å²) in [6, 6.07) is 10.8. The van der Waals surface area contributed by atoms with Crippen LogP contribution in [0, 0.1) is 0 Å². The largest absolute Gasteiger partial charge is 0.497 e. The fourth-order valence-corrected chi connectivity index (χ4v) is 4.41. The Labute approximate surface area is 219 Å². The predicted octanol–water partition coefficient (Wildman–Crippen LogP) is 2.81. The third-order valence-corrected chi connectivity index (χ3v) is 7.14. The molecule has 0 aliphatic heterocycles. The Balaban J connectivity index is 2.45. The van der Waals surface area contributed by atoms with Crippen LogP contribution in [0.3, 0.4) is 0 Å². The topological polar surface area (TPSA) is 114 Å². The lowest BCUT2D eigenvalue weighted by Gasteiger charge is -2.32. The number of rotatable bonds is 13. The van der Waals surface area contributed by atoms with Crippen molar-refractivity contribution in [3.05, 3.63) is 48.0 Å². The molecule has 2 atom stereocenters. The van der Waals surface area contributed by atoms with Gasteiger partial charge in [-0.25, -0.2) is 8.42 Å². The van der Waals surface area contributed by atoms with E-state index in [1.807, 2.05) is 13.8 Å². The van der Waals surface area contributed by atoms with Gasteiger partial charge in [0.25, 0.3) is 0 Å². The summed E-state index contributed by atoms with van der Waals surface area (Å²) < 4.78 is 42.4. The number of nitrogens with one attached hydrogen (secondary N) is 1. The molecule has 0 heterocycles. The summed E-state index contributed by atoms with van der Waals surface area (Å²) in [5.41, 5.74) is 0.936. The molecule has 0 aromatic heterocycles. The van der Waals surface area contributed by atoms with E-state index in [-0.39, 0.29) is 29.9 Å². The molecule has 2 amide bonds. The zero-order valence-corrected chi connectivity index (χ0v) is 23.3. The molecular weight excluding hydrogens is 498 g/mol. The SMILES string of the molecule is CCC(C)NC(=O)C(C)N(Cc1ccc(OC)cc1)C(=O)CN(c1ccc(OC)cc1OC)S(C)(=O)=O. The molecule has 0 saturated carbocycles. The average molecular weight is 536 g/mol. The van der Waals surface area contributed by atoms with Crippen molar-refractivity contribution in [1.82, 2.24) is 10.2 Å². The molecule has 0 aliphatic carbocycles. The number of hydrogen-bond acceptors (Lipinski definition) is 7. The molecular formula is C26H37N3O7S. The van der Waals surface area contributed by atoms with Gasteiger partial charge in [0, 0.05) is 18.7 Å². The van der Waals surface area contributed by atoms with Crippen molar-refractivity contribution in [1.29, 1.82) is 0 Å². The standard InChI is InChI=1S/C26H37N3O7S/c1-8-18(2)27-26(31)19(3)28(16-20-9-11-21(34-4)12-10-20)25(30)17-29(37(7,32)33)23-14-13-22(35-5)15-24(23)36-6/h9-15,18-19H,8,16-17H2,1-7H3,(H,27,31). The monoisotopic (exact) mass is 535 g/mol. The average Bonchev–Trinajstić information content (AvgIpc) is 2.88. The number of carbonyl (C=O) groups excluding carboxylic acids is 2. The number of amides is 2. The second kappa shape index (κ2) is 13.2. The number of anilines is 1. The Bertz CT molecular complexity index is 1170. The molecule has 0 spiro atoms. The van der Waals surface area contributed by atoms with Gasteiger partial charge in [-0.05, 0) is 50.1 Å². The van der Waals surface area contributed by atoms with Gasteiger partial charge in [0.05, 0.1) is 33.3 Å². The number of benzene rings is 2. The maximum atomic E-state index is 13.7. The molecule has 0 bridgehead atoms. The van der Waals surface area contributed by atoms with Crippen LogP contribution in [0.5, 0.6) is 17.2 Å². The van der Waals surface area contributed by atoms with E-state index in [9.17, 15) is 18.0 Å². The van der Waals surface area contributed by atoms with Crippen LogP contribution in [-0.2, 0) is 26.2 Å². The number of carbonyl (C=O) groups is 2. The zero-order chi connectivity index (χ0) is 27.8. The molecule has 2 unspecified atom stereocenters. The van der Waals surface area contributed by atoms with Crippen molar-refractivity contribution in [2.24, 2.45) is 0 Å². The number of ether oxygens (including phenoxy) is 3. The minimum atomic E-state index is -3.90. The summed E-state index contributed by atoms with van der Waals surface area (Å²) in [5.74, 6) is 0.466. The molecule has 2 aromatic carbocycles. The summed E-state index contributed by atoms with van der Waals surface area (Å²) in [6.07, 6.45) is 1.74. The fourth-order valence-electron chi connectivity index (χ4n) is 3.56. The van der Waals surface area contributed by atoms with Crippen LogP contribution in [-0.4, -0.2) is 71.3 Å². The molecule has 0 saturated heterocycles. The Morgan fingerprint density at radius 2 is 1.54 bits per heavy atom. The third kappa shape index (κ3) is 8.01. The molecule has 37 heavy (non-hydrogen) atoms. The van der Waals surface area contributed by atoms with E-state index in [0.717, 1.165) is 22.5 Å². The Morgan fingerprint density at radius 3 is 2.05 bits per heavy atom. The summed E-state index contributed by atoms with van der Waals surface area (Å²) in [6.45, 7) is 5.01. The molecule has 2 aromatic rings. The lowest BCUT2D eigenvalue weighted by molar-refractivity contribution is -0.139. The van der Waals surface area contributed by atoms with E-state index in [4.69, 9.17) is 14.2 Å². The maximum absolute atomic E-state index is 13.7. The maximum Gasteiger partial charge on any atom is 0.244 e. The van der Waals surface area contributed by atoms with E-state index < -0.39 is 28.5 Å². The first-order valence-corrected chi connectivity index (χ1v) is 13.7. The zero-order valence-electron chi connectivity index (χ0n) is 22.5. The fraction of sp³-hybridized carbons (Fsp3) is 0.462. The molecule has 10 nitrogen and oxygen atoms in total. The highest BCUT2D eigenvalue weighted by atomic mass is 32.2. The highest BCUT2D eigenvalue weighted by Crippen LogP contribution is 2.33. The minimum Gasteiger partial charge on any atom is -0.497 e. The van der Waals surface area contributed by atoms with Gasteiger partial charge in [-0.15, -0.1) is 0 Å². The van der Waals surface area contributed by atoms with Gasteiger partial charge in [-0.2, -0.15) is 0 Å². The lowest BCUT2D eigenvalue weighted by atomic mass is 10.1. The Kier molecular flexibility index (Phi) is 10.6. The van der Waals surface area contributed by atoms with Crippen LogP contribution < -0.4 is 23.8 Å². The van der Waals surface area contributed by atoms with Crippen molar-refractivity contribution in [2.75, 3.05) is 38.4 Å². The van der Waals surface area contributed by atoms with Crippen LogP contribution in [0.25, 0.3) is 0 Å². The second-order valence-electron chi connectivity index (χ2n) is 8.67. The van der Waals surface area contributed by atoms with Crippen molar-refractivity contribution in [2.45, 2.75) is 45.8 Å². The van der Waals surface area contributed by atoms with E-state index in [2.05, 4.69) is 5.32 Å². The van der Waals surface area contributed by atoms with Crippen LogP contribution in [0.1, 0.15) is 32.8 Å². The van der Waals surface area contributed by atoms with E-state index >= 15 is 0 Å². The van der Waals surface area contributed by atoms with Gasteiger partial charge in [0.1, 0.15) is 29.8 Å². The molecule has 0 fully saturated rings. The van der Waals surface area contributed by atoms with Crippen LogP contribution in [0.2, 0.25) is 0 Å². The first-order valence-electron chi connectivity index (χ1n) is 11.9. The van der Waals surface area contributed by atoms with Gasteiger partial charge in [0.15, 0.2) is 0 Å². The number of sulfonamides is 1. The van der Waals surface area contributed by atoms with Crippen LogP contribution in [0.4, 0.5) is 5.69 Å². The van der Waals surface area contributed by atoms with Crippen LogP contribution >= 0.6 is 0 Å². The first-order chi connectivity index (χ1) is 17.4. The van der Waals surface area contributed by atoms with Gasteiger partial charge in [-0.1, -0.05) is 19.1 Å². The Hall–Kier alpha value is -3.47. The smallest absolute Gasteiger partial charge is 0.244 e. The summed E-state index contributed by atoms with van der Waals surface area (Å²) in [4.78, 5) is 28.0. The van der Waals surface area contributed by atoms with Gasteiger partial charge < -0.3 is 24.4 Å². The van der Waals surface area contributed by atoms with Gasteiger partial charge in [-0.3, -0.25) is 13.9 Å². The molecule has 204 valence electrons. The first kappa shape index (κ1) is 29.8. The van der Waals surface area contributed by atoms with Crippen molar-refractivity contribution < 1.29 is 32.2 Å². The molecule has 1 N–H and O–H groups in total. The molecule has 11 heteroatoms. The highest BCUT2D eigenvalue weighted by Gasteiger charge is 2.31. The van der Waals surface area contributed by atoms with E-state index in [0.29, 0.717) is 11.5 Å². The molecule has 0 aliphatic rings. The Morgan fingerprint density at radius 1 is 0.946 bits per heavy atom. The normalized spacial score (nSPS) is 12.7. The number of nitrogens with zero attached hydrogens (tertiary/aromatic N) is 2. The molecule has 0 radical (unpaired) electrons. The highest BCUT2D eigenvalue weighted by molar-refractivity contribution is 7.92. The summed E-state index contributed by atoms with van der Waals surface area (Å²) in [7, 11) is 0.535. The summed E-state index contributed by atoms with van der Waals surface area (Å²) in [5, 5.41) is 2.90. The van der Waals surface area contributed by atoms with Gasteiger partial charge in [0.2, 0.25) is 21.8 Å². The van der Waals surface area contributed by atoms with Crippen molar-refractivity contribution >= 4 is 27.5 Å². The quantitative estimate of drug-likeness (QED) is 0.419. The third-order valence-electron chi connectivity index (χ3n) is 6.02. The summed E-state index contributed by atoms with van der Waals surface area (Å²) >= 11 is 0. The van der Waals surface area contributed by atoms with E-state index in [1.165, 1.54) is 31.3 Å².